The molecule has 0 unspecified atom stereocenters. The monoisotopic (exact) mass is 220 g/mol. The van der Waals surface area contributed by atoms with E-state index in [0.717, 1.165) is 5.82 Å². The molecule has 1 aromatic heterocycles. The van der Waals surface area contributed by atoms with Crippen molar-refractivity contribution in [2.75, 3.05) is 0 Å². The van der Waals surface area contributed by atoms with E-state index in [2.05, 4.69) is 10.7 Å². The van der Waals surface area contributed by atoms with Crippen LogP contribution in [-0.2, 0) is 0 Å². The van der Waals surface area contributed by atoms with Crippen LogP contribution in [0.25, 0.3) is 12.3 Å². The Morgan fingerprint density at radius 3 is 2.31 bits per heavy atom. The van der Waals surface area contributed by atoms with Crippen LogP contribution in [-0.4, -0.2) is 9.55 Å². The molecule has 2 rings (SSSR count). The van der Waals surface area contributed by atoms with Gasteiger partial charge in [-0.1, -0.05) is 41.5 Å². The lowest BCUT2D eigenvalue weighted by Gasteiger charge is -1.91. The van der Waals surface area contributed by atoms with E-state index in [1.54, 1.807) is 6.20 Å². The normalized spacial score (nSPS) is 9.38. The van der Waals surface area contributed by atoms with Crippen LogP contribution >= 0.6 is 0 Å². The van der Waals surface area contributed by atoms with Crippen molar-refractivity contribution in [3.8, 4) is 0 Å². The Bertz CT molecular complexity index is 326. The molecular formula is C14H24N2. The molecule has 0 aliphatic carbocycles. The first kappa shape index (κ1) is 16.9. The molecule has 2 nitrogen and oxygen atoms in total. The van der Waals surface area contributed by atoms with E-state index >= 15 is 0 Å². The predicted molar refractivity (Wildman–Crippen MR) is 74.1 cm³/mol. The fourth-order valence-electron chi connectivity index (χ4n) is 0.876. The first-order valence-corrected chi connectivity index (χ1v) is 6.09. The molecule has 0 spiro atoms. The zero-order valence-corrected chi connectivity index (χ0v) is 11.4. The summed E-state index contributed by atoms with van der Waals surface area (Å²) >= 11 is 0. The third-order valence-corrected chi connectivity index (χ3v) is 1.35. The summed E-state index contributed by atoms with van der Waals surface area (Å²) in [4.78, 5) is 4.09. The van der Waals surface area contributed by atoms with Crippen molar-refractivity contribution in [2.24, 2.45) is 0 Å². The smallest absolute Gasteiger partial charge is 0.144 e. The molecule has 0 fully saturated rings. The Labute approximate surface area is 100 Å². The van der Waals surface area contributed by atoms with Gasteiger partial charge in [-0.2, -0.15) is 0 Å². The summed E-state index contributed by atoms with van der Waals surface area (Å²) in [6.07, 6.45) is 11.2. The highest BCUT2D eigenvalue weighted by Crippen LogP contribution is 2.02. The van der Waals surface area contributed by atoms with Gasteiger partial charge in [0.2, 0.25) is 0 Å². The SMILES string of the molecule is C1=CC=Cn2ccnc2C=1.CC.CC.CC. The Kier molecular flexibility index (Phi) is 14.2. The zero-order chi connectivity index (χ0) is 12.8. The lowest BCUT2D eigenvalue weighted by Crippen LogP contribution is -1.85. The van der Waals surface area contributed by atoms with E-state index in [1.807, 2.05) is 76.7 Å². The number of allylic oxidation sites excluding steroid dienone is 2. The first-order chi connectivity index (χ1) is 7.97. The average Bonchev–Trinajstić information content (AvgIpc) is 2.73. The Morgan fingerprint density at radius 2 is 1.69 bits per heavy atom. The number of fused-ring (bicyclic) bond motifs is 1. The van der Waals surface area contributed by atoms with Crippen molar-refractivity contribution >= 4 is 12.3 Å². The molecule has 0 bridgehead atoms. The maximum atomic E-state index is 4.09. The van der Waals surface area contributed by atoms with Gasteiger partial charge in [0.05, 0.1) is 0 Å². The average molecular weight is 220 g/mol. The van der Waals surface area contributed by atoms with Crippen LogP contribution in [0.3, 0.4) is 0 Å². The van der Waals surface area contributed by atoms with Crippen LogP contribution in [0.1, 0.15) is 47.4 Å². The molecule has 0 N–H and O–H groups in total. The van der Waals surface area contributed by atoms with Crippen molar-refractivity contribution in [1.29, 1.82) is 0 Å². The quantitative estimate of drug-likeness (QED) is 0.584. The lowest BCUT2D eigenvalue weighted by molar-refractivity contribution is 1.11. The summed E-state index contributed by atoms with van der Waals surface area (Å²) in [6, 6.07) is 0. The Hall–Kier alpha value is -1.53. The molecule has 0 radical (unpaired) electrons. The highest BCUT2D eigenvalue weighted by atomic mass is 15.0. The van der Waals surface area contributed by atoms with Crippen molar-refractivity contribution in [3.63, 3.8) is 0 Å². The third-order valence-electron chi connectivity index (χ3n) is 1.35. The minimum Gasteiger partial charge on any atom is -0.307 e. The molecule has 0 atom stereocenters. The summed E-state index contributed by atoms with van der Waals surface area (Å²) in [5.74, 6) is 0.921. The van der Waals surface area contributed by atoms with E-state index < -0.39 is 0 Å². The van der Waals surface area contributed by atoms with E-state index in [9.17, 15) is 0 Å². The molecular weight excluding hydrogens is 196 g/mol. The highest BCUT2D eigenvalue weighted by molar-refractivity contribution is 5.48. The highest BCUT2D eigenvalue weighted by Gasteiger charge is 1.93. The van der Waals surface area contributed by atoms with Crippen molar-refractivity contribution < 1.29 is 0 Å². The second kappa shape index (κ2) is 13.5. The number of nitrogens with zero attached hydrogens (tertiary/aromatic N) is 2. The Balaban J connectivity index is 0. The summed E-state index contributed by atoms with van der Waals surface area (Å²) in [7, 11) is 0. The second-order valence-corrected chi connectivity index (χ2v) is 2.01. The molecule has 0 saturated heterocycles. The molecule has 1 aliphatic heterocycles. The minimum absolute atomic E-state index is 0.921. The van der Waals surface area contributed by atoms with E-state index in [1.165, 1.54) is 0 Å². The van der Waals surface area contributed by atoms with Crippen LogP contribution in [0.2, 0.25) is 0 Å². The van der Waals surface area contributed by atoms with Crippen molar-refractivity contribution in [1.82, 2.24) is 9.55 Å². The summed E-state index contributed by atoms with van der Waals surface area (Å²) in [6.45, 7) is 12.0. The minimum atomic E-state index is 0.921. The van der Waals surface area contributed by atoms with Crippen LogP contribution in [0.4, 0.5) is 0 Å². The number of imidazole rings is 1. The topological polar surface area (TPSA) is 17.8 Å². The number of aromatic nitrogens is 2. The lowest BCUT2D eigenvalue weighted by atomic mass is 10.5. The first-order valence-electron chi connectivity index (χ1n) is 6.09. The van der Waals surface area contributed by atoms with Crippen molar-refractivity contribution in [2.45, 2.75) is 41.5 Å². The summed E-state index contributed by atoms with van der Waals surface area (Å²) in [5, 5.41) is 0. The zero-order valence-electron chi connectivity index (χ0n) is 11.4. The van der Waals surface area contributed by atoms with Crippen LogP contribution in [0.5, 0.6) is 0 Å². The van der Waals surface area contributed by atoms with Gasteiger partial charge in [-0.05, 0) is 12.2 Å². The van der Waals surface area contributed by atoms with E-state index in [-0.39, 0.29) is 0 Å². The summed E-state index contributed by atoms with van der Waals surface area (Å²) < 4.78 is 1.94. The van der Waals surface area contributed by atoms with Gasteiger partial charge in [-0.25, -0.2) is 4.98 Å². The van der Waals surface area contributed by atoms with Crippen molar-refractivity contribution in [3.05, 3.63) is 36.1 Å². The molecule has 0 aromatic carbocycles. The largest absolute Gasteiger partial charge is 0.307 e. The third kappa shape index (κ3) is 6.05. The molecule has 1 aliphatic rings. The molecule has 2 heterocycles. The standard InChI is InChI=1S/C8H6N2.3C2H6/c1-2-4-8-9-5-7-10(8)6-3-1;3*1-2/h1,3-7H;3*1-2H3. The van der Waals surface area contributed by atoms with Gasteiger partial charge >= 0.3 is 0 Å². The number of hydrogen-bond donors (Lipinski definition) is 0. The molecule has 16 heavy (non-hydrogen) atoms. The van der Waals surface area contributed by atoms with E-state index in [0.29, 0.717) is 0 Å². The Morgan fingerprint density at radius 1 is 1.06 bits per heavy atom. The number of rotatable bonds is 0. The molecule has 1 aromatic rings. The van der Waals surface area contributed by atoms with Crippen LogP contribution in [0.15, 0.2) is 30.3 Å². The van der Waals surface area contributed by atoms with Gasteiger partial charge in [0, 0.05) is 24.7 Å². The fourth-order valence-corrected chi connectivity index (χ4v) is 0.876. The van der Waals surface area contributed by atoms with Gasteiger partial charge in [0.25, 0.3) is 0 Å². The van der Waals surface area contributed by atoms with Crippen LogP contribution in [0, 0.1) is 0 Å². The molecule has 90 valence electrons. The van der Waals surface area contributed by atoms with E-state index in [4.69, 9.17) is 0 Å². The van der Waals surface area contributed by atoms with Gasteiger partial charge in [-0.15, -0.1) is 5.73 Å². The molecule has 0 saturated carbocycles. The van der Waals surface area contributed by atoms with Gasteiger partial charge in [0.15, 0.2) is 0 Å². The van der Waals surface area contributed by atoms with Gasteiger partial charge in [-0.3, -0.25) is 0 Å². The molecule has 0 amide bonds. The van der Waals surface area contributed by atoms with Gasteiger partial charge in [0.1, 0.15) is 5.82 Å². The predicted octanol–water partition coefficient (Wildman–Crippen LogP) is 4.61. The van der Waals surface area contributed by atoms with Gasteiger partial charge < -0.3 is 4.57 Å². The fraction of sp³-hybridized carbons (Fsp3) is 0.429. The summed E-state index contributed by atoms with van der Waals surface area (Å²) in [5.41, 5.74) is 2.97. The number of hydrogen-bond acceptors (Lipinski definition) is 1. The maximum absolute atomic E-state index is 4.09. The maximum Gasteiger partial charge on any atom is 0.144 e. The van der Waals surface area contributed by atoms with Crippen LogP contribution < -0.4 is 0 Å². The second-order valence-electron chi connectivity index (χ2n) is 2.01. The molecule has 2 heteroatoms.